The molecule has 20 heavy (non-hydrogen) atoms. The predicted molar refractivity (Wildman–Crippen MR) is 84.7 cm³/mol. The minimum atomic E-state index is 0.402. The molecular formula is C16H17Cl2NO. The molecule has 0 heterocycles. The zero-order chi connectivity index (χ0) is 14.5. The quantitative estimate of drug-likeness (QED) is 0.871. The molecule has 2 rings (SSSR count). The van der Waals surface area contributed by atoms with Gasteiger partial charge in [0.2, 0.25) is 0 Å². The molecule has 0 saturated heterocycles. The number of halogens is 2. The molecule has 0 fully saturated rings. The monoisotopic (exact) mass is 309 g/mol. The average Bonchev–Trinajstić information content (AvgIpc) is 2.42. The fourth-order valence-corrected chi connectivity index (χ4v) is 2.35. The molecule has 0 amide bonds. The van der Waals surface area contributed by atoms with Crippen LogP contribution in [-0.4, -0.2) is 7.05 Å². The van der Waals surface area contributed by atoms with Crippen LogP contribution in [0.3, 0.4) is 0 Å². The lowest BCUT2D eigenvalue weighted by Gasteiger charge is -2.13. The van der Waals surface area contributed by atoms with Crippen molar-refractivity contribution in [2.24, 2.45) is 0 Å². The van der Waals surface area contributed by atoms with Gasteiger partial charge in [0.1, 0.15) is 12.4 Å². The third-order valence-corrected chi connectivity index (χ3v) is 3.58. The third-order valence-electron chi connectivity index (χ3n) is 2.97. The van der Waals surface area contributed by atoms with E-state index in [0.29, 0.717) is 16.7 Å². The van der Waals surface area contributed by atoms with Crippen molar-refractivity contribution in [1.82, 2.24) is 5.32 Å². The molecule has 0 unspecified atom stereocenters. The first kappa shape index (κ1) is 15.2. The second-order valence-electron chi connectivity index (χ2n) is 4.67. The van der Waals surface area contributed by atoms with Gasteiger partial charge in [0.25, 0.3) is 0 Å². The lowest BCUT2D eigenvalue weighted by molar-refractivity contribution is 0.302. The van der Waals surface area contributed by atoms with E-state index in [1.807, 2.05) is 25.2 Å². The van der Waals surface area contributed by atoms with Crippen LogP contribution in [0, 0.1) is 6.92 Å². The lowest BCUT2D eigenvalue weighted by atomic mass is 10.1. The van der Waals surface area contributed by atoms with Crippen LogP contribution >= 0.6 is 23.2 Å². The van der Waals surface area contributed by atoms with Crippen LogP contribution in [0.1, 0.15) is 16.7 Å². The molecular weight excluding hydrogens is 293 g/mol. The Labute approximate surface area is 129 Å². The largest absolute Gasteiger partial charge is 0.489 e. The van der Waals surface area contributed by atoms with Gasteiger partial charge in [-0.15, -0.1) is 0 Å². The second-order valence-corrected chi connectivity index (χ2v) is 5.51. The first-order valence-electron chi connectivity index (χ1n) is 6.41. The molecule has 0 bridgehead atoms. The maximum Gasteiger partial charge on any atom is 0.124 e. The summed E-state index contributed by atoms with van der Waals surface area (Å²) in [6, 6.07) is 11.5. The molecule has 2 nitrogen and oxygen atoms in total. The molecule has 106 valence electrons. The van der Waals surface area contributed by atoms with Crippen molar-refractivity contribution in [1.29, 1.82) is 0 Å². The Kier molecular flexibility index (Phi) is 5.30. The Bertz CT molecular complexity index is 599. The molecule has 0 aliphatic carbocycles. The highest BCUT2D eigenvalue weighted by Gasteiger charge is 2.06. The maximum absolute atomic E-state index is 6.14. The van der Waals surface area contributed by atoms with E-state index in [0.717, 1.165) is 23.4 Å². The van der Waals surface area contributed by atoms with Gasteiger partial charge in [0, 0.05) is 27.7 Å². The number of aryl methyl sites for hydroxylation is 1. The molecule has 0 saturated carbocycles. The summed E-state index contributed by atoms with van der Waals surface area (Å²) in [5.74, 6) is 0.862. The summed E-state index contributed by atoms with van der Waals surface area (Å²) >= 11 is 12.1. The van der Waals surface area contributed by atoms with Crippen molar-refractivity contribution in [2.45, 2.75) is 20.1 Å². The topological polar surface area (TPSA) is 21.3 Å². The number of ether oxygens (including phenoxy) is 1. The molecule has 0 atom stereocenters. The number of nitrogens with one attached hydrogen (secondary N) is 1. The SMILES string of the molecule is CNCc1cc(C)ccc1OCc1cc(Cl)ccc1Cl. The number of benzene rings is 2. The van der Waals surface area contributed by atoms with Crippen molar-refractivity contribution >= 4 is 23.2 Å². The number of hydrogen-bond acceptors (Lipinski definition) is 2. The zero-order valence-corrected chi connectivity index (χ0v) is 13.1. The summed E-state index contributed by atoms with van der Waals surface area (Å²) in [7, 11) is 1.92. The van der Waals surface area contributed by atoms with Crippen molar-refractivity contribution in [3.63, 3.8) is 0 Å². The fraction of sp³-hybridized carbons (Fsp3) is 0.250. The van der Waals surface area contributed by atoms with Gasteiger partial charge in [-0.1, -0.05) is 40.9 Å². The molecule has 0 radical (unpaired) electrons. The number of hydrogen-bond donors (Lipinski definition) is 1. The predicted octanol–water partition coefficient (Wildman–Crippen LogP) is 4.60. The van der Waals surface area contributed by atoms with E-state index in [4.69, 9.17) is 27.9 Å². The normalized spacial score (nSPS) is 10.6. The lowest BCUT2D eigenvalue weighted by Crippen LogP contribution is -2.08. The summed E-state index contributed by atoms with van der Waals surface area (Å²) in [6.45, 7) is 3.23. The smallest absolute Gasteiger partial charge is 0.124 e. The van der Waals surface area contributed by atoms with Crippen LogP contribution in [-0.2, 0) is 13.2 Å². The molecule has 0 aliphatic rings. The Morgan fingerprint density at radius 1 is 1.05 bits per heavy atom. The summed E-state index contributed by atoms with van der Waals surface area (Å²) in [5, 5.41) is 4.47. The van der Waals surface area contributed by atoms with Crippen LogP contribution in [0.4, 0.5) is 0 Å². The highest BCUT2D eigenvalue weighted by atomic mass is 35.5. The first-order chi connectivity index (χ1) is 9.60. The fourth-order valence-electron chi connectivity index (χ4n) is 1.99. The van der Waals surface area contributed by atoms with Gasteiger partial charge in [-0.3, -0.25) is 0 Å². The van der Waals surface area contributed by atoms with Gasteiger partial charge in [-0.25, -0.2) is 0 Å². The molecule has 4 heteroatoms. The first-order valence-corrected chi connectivity index (χ1v) is 7.16. The van der Waals surface area contributed by atoms with Crippen LogP contribution in [0.15, 0.2) is 36.4 Å². The van der Waals surface area contributed by atoms with Gasteiger partial charge < -0.3 is 10.1 Å². The molecule has 0 aromatic heterocycles. The van der Waals surface area contributed by atoms with E-state index < -0.39 is 0 Å². The second kappa shape index (κ2) is 6.98. The van der Waals surface area contributed by atoms with Gasteiger partial charge in [-0.05, 0) is 38.2 Å². The van der Waals surface area contributed by atoms with Gasteiger partial charge in [0.05, 0.1) is 0 Å². The maximum atomic E-state index is 6.14. The summed E-state index contributed by atoms with van der Waals surface area (Å²) in [4.78, 5) is 0. The Balaban J connectivity index is 2.16. The van der Waals surface area contributed by atoms with Crippen LogP contribution < -0.4 is 10.1 Å². The van der Waals surface area contributed by atoms with Crippen molar-refractivity contribution in [3.8, 4) is 5.75 Å². The van der Waals surface area contributed by atoms with E-state index in [2.05, 4.69) is 18.3 Å². The molecule has 0 aliphatic heterocycles. The molecule has 1 N–H and O–H groups in total. The van der Waals surface area contributed by atoms with Crippen molar-refractivity contribution in [3.05, 3.63) is 63.1 Å². The molecule has 2 aromatic rings. The van der Waals surface area contributed by atoms with E-state index in [9.17, 15) is 0 Å². The van der Waals surface area contributed by atoms with Gasteiger partial charge >= 0.3 is 0 Å². The Morgan fingerprint density at radius 2 is 1.85 bits per heavy atom. The summed E-state index contributed by atoms with van der Waals surface area (Å²) in [6.07, 6.45) is 0. The summed E-state index contributed by atoms with van der Waals surface area (Å²) < 4.78 is 5.88. The minimum Gasteiger partial charge on any atom is -0.489 e. The van der Waals surface area contributed by atoms with Crippen molar-refractivity contribution < 1.29 is 4.74 Å². The highest BCUT2D eigenvalue weighted by Crippen LogP contribution is 2.25. The van der Waals surface area contributed by atoms with Crippen molar-refractivity contribution in [2.75, 3.05) is 7.05 Å². The third kappa shape index (κ3) is 3.89. The van der Waals surface area contributed by atoms with Gasteiger partial charge in [0.15, 0.2) is 0 Å². The van der Waals surface area contributed by atoms with Gasteiger partial charge in [-0.2, -0.15) is 0 Å². The molecule has 2 aromatic carbocycles. The zero-order valence-electron chi connectivity index (χ0n) is 11.5. The number of rotatable bonds is 5. The Hall–Kier alpha value is -1.22. The molecule has 0 spiro atoms. The summed E-state index contributed by atoms with van der Waals surface area (Å²) in [5.41, 5.74) is 3.23. The van der Waals surface area contributed by atoms with Crippen LogP contribution in [0.25, 0.3) is 0 Å². The van der Waals surface area contributed by atoms with Crippen LogP contribution in [0.5, 0.6) is 5.75 Å². The van der Waals surface area contributed by atoms with E-state index in [1.54, 1.807) is 12.1 Å². The minimum absolute atomic E-state index is 0.402. The average molecular weight is 310 g/mol. The Morgan fingerprint density at radius 3 is 2.60 bits per heavy atom. The standard InChI is InChI=1S/C16H17Cl2NO/c1-11-3-6-16(12(7-11)9-19-2)20-10-13-8-14(17)4-5-15(13)18/h3-8,19H,9-10H2,1-2H3. The van der Waals surface area contributed by atoms with E-state index in [1.165, 1.54) is 5.56 Å². The highest BCUT2D eigenvalue weighted by molar-refractivity contribution is 6.33. The van der Waals surface area contributed by atoms with E-state index >= 15 is 0 Å². The van der Waals surface area contributed by atoms with Crippen LogP contribution in [0.2, 0.25) is 10.0 Å². The van der Waals surface area contributed by atoms with E-state index in [-0.39, 0.29) is 0 Å².